The van der Waals surface area contributed by atoms with Crippen molar-refractivity contribution in [3.8, 4) is 0 Å². The summed E-state index contributed by atoms with van der Waals surface area (Å²) in [5.41, 5.74) is 8.85. The van der Waals surface area contributed by atoms with Crippen LogP contribution in [0.15, 0.2) is 0 Å². The van der Waals surface area contributed by atoms with Gasteiger partial charge in [0, 0.05) is 11.3 Å². The quantitative estimate of drug-likeness (QED) is 0.789. The maximum Gasteiger partial charge on any atom is 0.148 e. The van der Waals surface area contributed by atoms with Crippen molar-refractivity contribution < 1.29 is 0 Å². The fraction of sp³-hybridized carbons (Fsp3) is 0.769. The van der Waals surface area contributed by atoms with Crippen molar-refractivity contribution in [2.75, 3.05) is 5.73 Å². The number of rotatable bonds is 1. The molecule has 3 rings (SSSR count). The summed E-state index contributed by atoms with van der Waals surface area (Å²) < 4.78 is 2.28. The molecule has 1 fully saturated rings. The van der Waals surface area contributed by atoms with Crippen LogP contribution in [0.3, 0.4) is 0 Å². The summed E-state index contributed by atoms with van der Waals surface area (Å²) in [5.74, 6) is 0.806. The van der Waals surface area contributed by atoms with Crippen molar-refractivity contribution in [2.24, 2.45) is 0 Å². The van der Waals surface area contributed by atoms with Gasteiger partial charge in [-0.1, -0.05) is 19.3 Å². The monoisotopic (exact) mass is 219 g/mol. The summed E-state index contributed by atoms with van der Waals surface area (Å²) in [5, 5.41) is 4.61. The first kappa shape index (κ1) is 10.2. The number of fused-ring (bicyclic) bond motifs is 1. The molecule has 3 heteroatoms. The summed E-state index contributed by atoms with van der Waals surface area (Å²) in [4.78, 5) is 0. The normalized spacial score (nSPS) is 22.0. The van der Waals surface area contributed by atoms with Crippen LogP contribution in [0.2, 0.25) is 0 Å². The van der Waals surface area contributed by atoms with E-state index in [1.54, 1.807) is 0 Å². The zero-order valence-corrected chi connectivity index (χ0v) is 9.91. The topological polar surface area (TPSA) is 43.8 Å². The van der Waals surface area contributed by atoms with Gasteiger partial charge in [0.05, 0.1) is 6.04 Å². The average Bonchev–Trinajstić information content (AvgIpc) is 2.69. The van der Waals surface area contributed by atoms with Gasteiger partial charge in [0.1, 0.15) is 5.82 Å². The number of nitrogens with two attached hydrogens (primary N) is 1. The highest BCUT2D eigenvalue weighted by molar-refractivity contribution is 5.44. The lowest BCUT2D eigenvalue weighted by atomic mass is 9.93. The SMILES string of the molecule is Nc1nn(C2CCCCC2)c2c1CCCC2. The van der Waals surface area contributed by atoms with E-state index in [4.69, 9.17) is 5.73 Å². The minimum Gasteiger partial charge on any atom is -0.382 e. The number of hydrogen-bond donors (Lipinski definition) is 1. The fourth-order valence-electron chi connectivity index (χ4n) is 3.28. The fourth-order valence-corrected chi connectivity index (χ4v) is 3.28. The molecule has 2 aliphatic carbocycles. The van der Waals surface area contributed by atoms with E-state index < -0.39 is 0 Å². The first-order chi connectivity index (χ1) is 7.86. The van der Waals surface area contributed by atoms with Gasteiger partial charge >= 0.3 is 0 Å². The van der Waals surface area contributed by atoms with Crippen LogP contribution in [0.25, 0.3) is 0 Å². The smallest absolute Gasteiger partial charge is 0.148 e. The largest absolute Gasteiger partial charge is 0.382 e. The molecule has 1 heterocycles. The van der Waals surface area contributed by atoms with Gasteiger partial charge < -0.3 is 5.73 Å². The molecule has 88 valence electrons. The Kier molecular flexibility index (Phi) is 2.62. The van der Waals surface area contributed by atoms with Crippen molar-refractivity contribution in [2.45, 2.75) is 63.8 Å². The molecule has 3 nitrogen and oxygen atoms in total. The molecule has 0 aromatic carbocycles. The van der Waals surface area contributed by atoms with E-state index in [9.17, 15) is 0 Å². The van der Waals surface area contributed by atoms with Crippen LogP contribution in [0, 0.1) is 0 Å². The molecule has 2 aliphatic rings. The Hall–Kier alpha value is -0.990. The highest BCUT2D eigenvalue weighted by Gasteiger charge is 2.24. The second-order valence-corrected chi connectivity index (χ2v) is 5.25. The van der Waals surface area contributed by atoms with E-state index in [0.717, 1.165) is 12.2 Å². The molecule has 0 unspecified atom stereocenters. The molecule has 0 aliphatic heterocycles. The lowest BCUT2D eigenvalue weighted by Crippen LogP contribution is -2.18. The van der Waals surface area contributed by atoms with Gasteiger partial charge in [0.2, 0.25) is 0 Å². The van der Waals surface area contributed by atoms with Crippen LogP contribution in [0.5, 0.6) is 0 Å². The third-order valence-corrected chi connectivity index (χ3v) is 4.16. The summed E-state index contributed by atoms with van der Waals surface area (Å²) in [7, 11) is 0. The zero-order chi connectivity index (χ0) is 11.0. The molecule has 2 N–H and O–H groups in total. The van der Waals surface area contributed by atoms with Crippen molar-refractivity contribution in [1.29, 1.82) is 0 Å². The van der Waals surface area contributed by atoms with Crippen molar-refractivity contribution in [3.05, 3.63) is 11.3 Å². The predicted molar refractivity (Wildman–Crippen MR) is 65.4 cm³/mol. The Balaban J connectivity index is 1.93. The van der Waals surface area contributed by atoms with Crippen molar-refractivity contribution in [1.82, 2.24) is 9.78 Å². The molecule has 1 aromatic heterocycles. The van der Waals surface area contributed by atoms with Gasteiger partial charge in [-0.25, -0.2) is 0 Å². The molecule has 1 aromatic rings. The number of hydrogen-bond acceptors (Lipinski definition) is 2. The highest BCUT2D eigenvalue weighted by Crippen LogP contribution is 2.33. The Morgan fingerprint density at radius 3 is 2.56 bits per heavy atom. The van der Waals surface area contributed by atoms with Gasteiger partial charge in [-0.15, -0.1) is 0 Å². The van der Waals surface area contributed by atoms with Crippen LogP contribution in [0.4, 0.5) is 5.82 Å². The lowest BCUT2D eigenvalue weighted by Gasteiger charge is -2.25. The first-order valence-corrected chi connectivity index (χ1v) is 6.72. The van der Waals surface area contributed by atoms with E-state index in [0.29, 0.717) is 6.04 Å². The van der Waals surface area contributed by atoms with Gasteiger partial charge in [0.25, 0.3) is 0 Å². The lowest BCUT2D eigenvalue weighted by molar-refractivity contribution is 0.320. The van der Waals surface area contributed by atoms with Gasteiger partial charge in [0.15, 0.2) is 0 Å². The van der Waals surface area contributed by atoms with Crippen LogP contribution in [-0.2, 0) is 12.8 Å². The van der Waals surface area contributed by atoms with E-state index in [1.807, 2.05) is 0 Å². The molecular formula is C13H21N3. The van der Waals surface area contributed by atoms with Crippen LogP contribution >= 0.6 is 0 Å². The minimum atomic E-state index is 0.637. The standard InChI is InChI=1S/C13H21N3/c14-13-11-8-4-5-9-12(11)16(15-13)10-6-2-1-3-7-10/h10H,1-9H2,(H2,14,15). The maximum atomic E-state index is 6.04. The van der Waals surface area contributed by atoms with Gasteiger partial charge in [-0.3, -0.25) is 4.68 Å². The number of aromatic nitrogens is 2. The third-order valence-electron chi connectivity index (χ3n) is 4.16. The predicted octanol–water partition coefficient (Wildman–Crippen LogP) is 2.85. The zero-order valence-electron chi connectivity index (χ0n) is 9.91. The van der Waals surface area contributed by atoms with Crippen LogP contribution in [-0.4, -0.2) is 9.78 Å². The van der Waals surface area contributed by atoms with Crippen LogP contribution in [0.1, 0.15) is 62.2 Å². The Bertz CT molecular complexity index is 375. The third kappa shape index (κ3) is 1.62. The minimum absolute atomic E-state index is 0.637. The summed E-state index contributed by atoms with van der Waals surface area (Å²) in [6.07, 6.45) is 11.7. The van der Waals surface area contributed by atoms with Gasteiger partial charge in [-0.2, -0.15) is 5.10 Å². The molecule has 0 saturated heterocycles. The Morgan fingerprint density at radius 2 is 1.75 bits per heavy atom. The van der Waals surface area contributed by atoms with Crippen LogP contribution < -0.4 is 5.73 Å². The molecule has 1 saturated carbocycles. The summed E-state index contributed by atoms with van der Waals surface area (Å²) in [6.45, 7) is 0. The van der Waals surface area contributed by atoms with E-state index >= 15 is 0 Å². The molecule has 0 bridgehead atoms. The molecule has 0 amide bonds. The molecule has 16 heavy (non-hydrogen) atoms. The van der Waals surface area contributed by atoms with E-state index in [2.05, 4.69) is 9.78 Å². The number of anilines is 1. The second kappa shape index (κ2) is 4.11. The molecule has 0 spiro atoms. The first-order valence-electron chi connectivity index (χ1n) is 6.72. The second-order valence-electron chi connectivity index (χ2n) is 5.25. The number of nitrogens with zero attached hydrogens (tertiary/aromatic N) is 2. The highest BCUT2D eigenvalue weighted by atomic mass is 15.3. The number of nitrogen functional groups attached to an aromatic ring is 1. The Labute approximate surface area is 97.0 Å². The molecule has 0 radical (unpaired) electrons. The summed E-state index contributed by atoms with van der Waals surface area (Å²) >= 11 is 0. The molecular weight excluding hydrogens is 198 g/mol. The Morgan fingerprint density at radius 1 is 1.00 bits per heavy atom. The van der Waals surface area contributed by atoms with Gasteiger partial charge in [-0.05, 0) is 38.5 Å². The van der Waals surface area contributed by atoms with Crippen molar-refractivity contribution >= 4 is 5.82 Å². The molecule has 0 atom stereocenters. The maximum absolute atomic E-state index is 6.04. The average molecular weight is 219 g/mol. The van der Waals surface area contributed by atoms with Crippen molar-refractivity contribution in [3.63, 3.8) is 0 Å². The van der Waals surface area contributed by atoms with E-state index in [-0.39, 0.29) is 0 Å². The van der Waals surface area contributed by atoms with E-state index in [1.165, 1.54) is 62.6 Å². The summed E-state index contributed by atoms with van der Waals surface area (Å²) in [6, 6.07) is 0.637.